The lowest BCUT2D eigenvalue weighted by atomic mass is 10.1. The molecular formula is C11H18N2O2. The van der Waals surface area contributed by atoms with Crippen LogP contribution in [0.5, 0.6) is 5.75 Å². The van der Waals surface area contributed by atoms with Crippen molar-refractivity contribution in [1.29, 1.82) is 0 Å². The number of pyridine rings is 1. The lowest BCUT2D eigenvalue weighted by molar-refractivity contribution is 0.233. The van der Waals surface area contributed by atoms with Gasteiger partial charge in [0.2, 0.25) is 0 Å². The molecule has 0 bridgehead atoms. The van der Waals surface area contributed by atoms with Crippen molar-refractivity contribution in [3.8, 4) is 5.75 Å². The Labute approximate surface area is 90.1 Å². The first-order valence-corrected chi connectivity index (χ1v) is 5.23. The lowest BCUT2D eigenvalue weighted by Crippen LogP contribution is -2.10. The van der Waals surface area contributed by atoms with Crippen molar-refractivity contribution in [1.82, 2.24) is 4.98 Å². The molecule has 0 saturated carbocycles. The summed E-state index contributed by atoms with van der Waals surface area (Å²) in [6.45, 7) is 2.68. The summed E-state index contributed by atoms with van der Waals surface area (Å²) >= 11 is 0. The molecule has 1 aromatic heterocycles. The molecule has 1 aromatic rings. The number of nitrogens with zero attached hydrogens (tertiary/aromatic N) is 1. The fourth-order valence-corrected chi connectivity index (χ4v) is 1.16. The Bertz CT molecular complexity index is 274. The zero-order chi connectivity index (χ0) is 11.1. The molecule has 4 nitrogen and oxygen atoms in total. The highest BCUT2D eigenvalue weighted by molar-refractivity contribution is 5.21. The van der Waals surface area contributed by atoms with E-state index in [-0.39, 0.29) is 12.6 Å². The molecule has 84 valence electrons. The zero-order valence-electron chi connectivity index (χ0n) is 9.02. The highest BCUT2D eigenvalue weighted by Crippen LogP contribution is 2.14. The van der Waals surface area contributed by atoms with Crippen molar-refractivity contribution in [2.75, 3.05) is 13.2 Å². The van der Waals surface area contributed by atoms with Gasteiger partial charge < -0.3 is 15.6 Å². The van der Waals surface area contributed by atoms with Crippen molar-refractivity contribution < 1.29 is 9.84 Å². The van der Waals surface area contributed by atoms with Crippen LogP contribution in [0.1, 0.15) is 31.5 Å². The molecule has 0 aliphatic rings. The van der Waals surface area contributed by atoms with E-state index in [1.165, 1.54) is 0 Å². The van der Waals surface area contributed by atoms with Crippen LogP contribution in [0.3, 0.4) is 0 Å². The number of rotatable bonds is 6. The van der Waals surface area contributed by atoms with E-state index in [9.17, 15) is 0 Å². The van der Waals surface area contributed by atoms with Crippen LogP contribution >= 0.6 is 0 Å². The van der Waals surface area contributed by atoms with Gasteiger partial charge in [0.05, 0.1) is 18.5 Å². The Morgan fingerprint density at radius 2 is 2.33 bits per heavy atom. The summed E-state index contributed by atoms with van der Waals surface area (Å²) in [5, 5.41) is 8.58. The topological polar surface area (TPSA) is 68.4 Å². The van der Waals surface area contributed by atoms with Crippen molar-refractivity contribution in [2.24, 2.45) is 5.73 Å². The van der Waals surface area contributed by atoms with Gasteiger partial charge in [0.15, 0.2) is 0 Å². The summed E-state index contributed by atoms with van der Waals surface area (Å²) in [5.74, 6) is 0.718. The summed E-state index contributed by atoms with van der Waals surface area (Å²) in [6, 6.07) is 3.73. The maximum atomic E-state index is 8.58. The van der Waals surface area contributed by atoms with Crippen LogP contribution < -0.4 is 10.5 Å². The van der Waals surface area contributed by atoms with Crippen LogP contribution in [0.15, 0.2) is 18.3 Å². The SMILES string of the molecule is CC[C@@H](N)c1ccc(OCCCO)cn1. The van der Waals surface area contributed by atoms with Gasteiger partial charge in [-0.1, -0.05) is 6.92 Å². The van der Waals surface area contributed by atoms with E-state index in [2.05, 4.69) is 4.98 Å². The Hall–Kier alpha value is -1.13. The maximum Gasteiger partial charge on any atom is 0.137 e. The van der Waals surface area contributed by atoms with Crippen LogP contribution in [-0.4, -0.2) is 23.3 Å². The monoisotopic (exact) mass is 210 g/mol. The number of nitrogens with two attached hydrogens (primary N) is 1. The fraction of sp³-hybridized carbons (Fsp3) is 0.545. The van der Waals surface area contributed by atoms with Crippen LogP contribution in [0.25, 0.3) is 0 Å². The van der Waals surface area contributed by atoms with Crippen molar-refractivity contribution in [3.05, 3.63) is 24.0 Å². The molecule has 0 aromatic carbocycles. The average Bonchev–Trinajstić information content (AvgIpc) is 2.29. The predicted octanol–water partition coefficient (Wildman–Crippen LogP) is 1.25. The third-order valence-corrected chi connectivity index (χ3v) is 2.15. The summed E-state index contributed by atoms with van der Waals surface area (Å²) in [4.78, 5) is 4.22. The molecule has 15 heavy (non-hydrogen) atoms. The molecule has 0 radical (unpaired) electrons. The lowest BCUT2D eigenvalue weighted by Gasteiger charge is -2.09. The van der Waals surface area contributed by atoms with Gasteiger partial charge in [0, 0.05) is 19.1 Å². The Morgan fingerprint density at radius 1 is 1.53 bits per heavy atom. The van der Waals surface area contributed by atoms with E-state index >= 15 is 0 Å². The molecule has 0 aliphatic heterocycles. The molecule has 0 fully saturated rings. The number of hydrogen-bond acceptors (Lipinski definition) is 4. The van der Waals surface area contributed by atoms with Crippen molar-refractivity contribution in [3.63, 3.8) is 0 Å². The predicted molar refractivity (Wildman–Crippen MR) is 58.7 cm³/mol. The van der Waals surface area contributed by atoms with Gasteiger partial charge in [-0.05, 0) is 18.6 Å². The van der Waals surface area contributed by atoms with E-state index in [0.29, 0.717) is 13.0 Å². The standard InChI is InChI=1S/C11H18N2O2/c1-2-10(12)11-5-4-9(8-13-11)15-7-3-6-14/h4-5,8,10,14H,2-3,6-7,12H2,1H3/t10-/m1/s1. The number of aliphatic hydroxyl groups is 1. The summed E-state index contributed by atoms with van der Waals surface area (Å²) in [6.07, 6.45) is 3.18. The van der Waals surface area contributed by atoms with Crippen molar-refractivity contribution in [2.45, 2.75) is 25.8 Å². The largest absolute Gasteiger partial charge is 0.492 e. The minimum atomic E-state index is -0.00325. The first-order valence-electron chi connectivity index (χ1n) is 5.23. The molecule has 0 spiro atoms. The number of aromatic nitrogens is 1. The van der Waals surface area contributed by atoms with Gasteiger partial charge in [-0.25, -0.2) is 0 Å². The van der Waals surface area contributed by atoms with Gasteiger partial charge in [0.25, 0.3) is 0 Å². The van der Waals surface area contributed by atoms with E-state index in [1.807, 2.05) is 19.1 Å². The van der Waals surface area contributed by atoms with E-state index in [4.69, 9.17) is 15.6 Å². The summed E-state index contributed by atoms with van der Waals surface area (Å²) in [7, 11) is 0. The molecule has 0 amide bonds. The third kappa shape index (κ3) is 3.85. The molecule has 0 unspecified atom stereocenters. The molecular weight excluding hydrogens is 192 g/mol. The number of ether oxygens (including phenoxy) is 1. The van der Waals surface area contributed by atoms with Gasteiger partial charge in [0.1, 0.15) is 5.75 Å². The molecule has 0 saturated heterocycles. The van der Waals surface area contributed by atoms with Gasteiger partial charge >= 0.3 is 0 Å². The first kappa shape index (κ1) is 11.9. The average molecular weight is 210 g/mol. The second-order valence-corrected chi connectivity index (χ2v) is 3.36. The van der Waals surface area contributed by atoms with Crippen LogP contribution in [-0.2, 0) is 0 Å². The second-order valence-electron chi connectivity index (χ2n) is 3.36. The molecule has 1 rings (SSSR count). The summed E-state index contributed by atoms with van der Waals surface area (Å²) < 4.78 is 5.35. The van der Waals surface area contributed by atoms with Gasteiger partial charge in [-0.2, -0.15) is 0 Å². The maximum absolute atomic E-state index is 8.58. The zero-order valence-corrected chi connectivity index (χ0v) is 9.02. The Balaban J connectivity index is 2.49. The Kier molecular flexibility index (Phi) is 5.07. The van der Waals surface area contributed by atoms with Crippen LogP contribution in [0, 0.1) is 0 Å². The molecule has 1 heterocycles. The third-order valence-electron chi connectivity index (χ3n) is 2.15. The quantitative estimate of drug-likeness (QED) is 0.693. The van der Waals surface area contributed by atoms with Gasteiger partial charge in [-0.15, -0.1) is 0 Å². The molecule has 0 aliphatic carbocycles. The van der Waals surface area contributed by atoms with Crippen LogP contribution in [0.4, 0.5) is 0 Å². The number of aliphatic hydroxyl groups excluding tert-OH is 1. The van der Waals surface area contributed by atoms with Gasteiger partial charge in [-0.3, -0.25) is 4.98 Å². The minimum absolute atomic E-state index is 0.00325. The smallest absolute Gasteiger partial charge is 0.137 e. The minimum Gasteiger partial charge on any atom is -0.492 e. The second kappa shape index (κ2) is 6.37. The van der Waals surface area contributed by atoms with E-state index in [1.54, 1.807) is 6.20 Å². The van der Waals surface area contributed by atoms with Crippen LogP contribution in [0.2, 0.25) is 0 Å². The van der Waals surface area contributed by atoms with E-state index < -0.39 is 0 Å². The normalized spacial score (nSPS) is 12.5. The molecule has 3 N–H and O–H groups in total. The number of hydrogen-bond donors (Lipinski definition) is 2. The highest BCUT2D eigenvalue weighted by atomic mass is 16.5. The molecule has 1 atom stereocenters. The fourth-order valence-electron chi connectivity index (χ4n) is 1.16. The molecule has 4 heteroatoms. The van der Waals surface area contributed by atoms with Crippen molar-refractivity contribution >= 4 is 0 Å². The highest BCUT2D eigenvalue weighted by Gasteiger charge is 2.04. The summed E-state index contributed by atoms with van der Waals surface area (Å²) in [5.41, 5.74) is 6.71. The Morgan fingerprint density at radius 3 is 2.87 bits per heavy atom. The first-order chi connectivity index (χ1) is 7.27. The van der Waals surface area contributed by atoms with E-state index in [0.717, 1.165) is 17.9 Å².